The highest BCUT2D eigenvalue weighted by Crippen LogP contribution is 2.25. The van der Waals surface area contributed by atoms with Crippen LogP contribution in [-0.2, 0) is 6.54 Å². The highest BCUT2D eigenvalue weighted by Gasteiger charge is 2.28. The second-order valence-corrected chi connectivity index (χ2v) is 5.43. The second kappa shape index (κ2) is 7.38. The summed E-state index contributed by atoms with van der Waals surface area (Å²) >= 11 is 0. The molecule has 0 bridgehead atoms. The maximum Gasteiger partial charge on any atom is 0.422 e. The predicted molar refractivity (Wildman–Crippen MR) is 78.7 cm³/mol. The zero-order valence-corrected chi connectivity index (χ0v) is 12.2. The largest absolute Gasteiger partial charge is 0.484 e. The molecule has 0 amide bonds. The molecule has 0 saturated heterocycles. The molecule has 1 aromatic carbocycles. The van der Waals surface area contributed by atoms with Crippen LogP contribution >= 0.6 is 0 Å². The van der Waals surface area contributed by atoms with E-state index in [9.17, 15) is 13.2 Å². The van der Waals surface area contributed by atoms with Crippen LogP contribution in [0, 0.1) is 5.92 Å². The number of guanidine groups is 1. The van der Waals surface area contributed by atoms with Crippen LogP contribution in [0.15, 0.2) is 29.3 Å². The summed E-state index contributed by atoms with van der Waals surface area (Å²) in [6.45, 7) is -0.179. The maximum atomic E-state index is 12.1. The van der Waals surface area contributed by atoms with Crippen LogP contribution in [0.2, 0.25) is 0 Å². The Labute approximate surface area is 127 Å². The van der Waals surface area contributed by atoms with E-state index in [1.54, 1.807) is 12.1 Å². The molecule has 0 aliphatic heterocycles. The van der Waals surface area contributed by atoms with Crippen LogP contribution in [-0.4, -0.2) is 25.3 Å². The van der Waals surface area contributed by atoms with E-state index < -0.39 is 12.8 Å². The number of aliphatic imine (C=N–C) groups is 1. The monoisotopic (exact) mass is 315 g/mol. The minimum absolute atomic E-state index is 0.172. The van der Waals surface area contributed by atoms with E-state index in [4.69, 9.17) is 10.5 Å². The number of alkyl halides is 3. The number of rotatable bonds is 6. The number of hydrogen-bond donors (Lipinski definition) is 2. The summed E-state index contributed by atoms with van der Waals surface area (Å²) in [6.07, 6.45) is -0.629. The molecule has 1 aromatic rings. The highest BCUT2D eigenvalue weighted by molar-refractivity contribution is 5.77. The van der Waals surface area contributed by atoms with Crippen molar-refractivity contribution >= 4 is 5.96 Å². The van der Waals surface area contributed by atoms with Gasteiger partial charge in [0.15, 0.2) is 12.6 Å². The number of nitrogens with two attached hydrogens (primary N) is 1. The molecule has 22 heavy (non-hydrogen) atoms. The van der Waals surface area contributed by atoms with E-state index in [0.29, 0.717) is 18.4 Å². The van der Waals surface area contributed by atoms with Crippen LogP contribution in [0.5, 0.6) is 5.75 Å². The molecule has 0 radical (unpaired) electrons. The van der Waals surface area contributed by atoms with Gasteiger partial charge in [-0.25, -0.2) is 4.99 Å². The first-order valence-electron chi connectivity index (χ1n) is 7.25. The van der Waals surface area contributed by atoms with Crippen molar-refractivity contribution in [3.05, 3.63) is 29.8 Å². The van der Waals surface area contributed by atoms with E-state index in [1.165, 1.54) is 31.4 Å². The molecule has 1 aliphatic rings. The van der Waals surface area contributed by atoms with Crippen molar-refractivity contribution in [2.24, 2.45) is 16.6 Å². The van der Waals surface area contributed by atoms with Crippen LogP contribution in [0.25, 0.3) is 0 Å². The minimum atomic E-state index is -4.34. The Balaban J connectivity index is 1.81. The second-order valence-electron chi connectivity index (χ2n) is 5.43. The summed E-state index contributed by atoms with van der Waals surface area (Å²) in [5, 5.41) is 3.06. The lowest BCUT2D eigenvalue weighted by atomic mass is 9.85. The third-order valence-electron chi connectivity index (χ3n) is 3.53. The maximum absolute atomic E-state index is 12.1. The third-order valence-corrected chi connectivity index (χ3v) is 3.53. The summed E-state index contributed by atoms with van der Waals surface area (Å²) in [7, 11) is 0. The highest BCUT2D eigenvalue weighted by atomic mass is 19.4. The number of nitrogens with one attached hydrogen (secondary N) is 1. The summed E-state index contributed by atoms with van der Waals surface area (Å²) in [6, 6.07) is 6.42. The van der Waals surface area contributed by atoms with Gasteiger partial charge in [0.05, 0.1) is 6.54 Å². The van der Waals surface area contributed by atoms with Gasteiger partial charge in [0.25, 0.3) is 0 Å². The van der Waals surface area contributed by atoms with Gasteiger partial charge in [0.2, 0.25) is 0 Å². The molecule has 0 unspecified atom stereocenters. The normalized spacial score (nSPS) is 16.2. The molecule has 0 atom stereocenters. The van der Waals surface area contributed by atoms with Gasteiger partial charge in [0, 0.05) is 6.54 Å². The number of halogens is 3. The van der Waals surface area contributed by atoms with Crippen molar-refractivity contribution in [2.45, 2.75) is 32.0 Å². The molecule has 0 spiro atoms. The number of nitrogens with zero attached hydrogens (tertiary/aromatic N) is 1. The molecule has 4 nitrogen and oxygen atoms in total. The molecule has 2 rings (SSSR count). The lowest BCUT2D eigenvalue weighted by molar-refractivity contribution is -0.153. The van der Waals surface area contributed by atoms with Crippen molar-refractivity contribution in [2.75, 3.05) is 13.2 Å². The van der Waals surface area contributed by atoms with Crippen molar-refractivity contribution in [3.63, 3.8) is 0 Å². The molecule has 7 heteroatoms. The number of hydrogen-bond acceptors (Lipinski definition) is 2. The first-order chi connectivity index (χ1) is 10.4. The van der Waals surface area contributed by atoms with E-state index in [0.717, 1.165) is 12.1 Å². The zero-order chi connectivity index (χ0) is 16.0. The van der Waals surface area contributed by atoms with Crippen molar-refractivity contribution < 1.29 is 17.9 Å². The van der Waals surface area contributed by atoms with Crippen molar-refractivity contribution in [3.8, 4) is 5.75 Å². The fourth-order valence-corrected chi connectivity index (χ4v) is 2.08. The summed E-state index contributed by atoms with van der Waals surface area (Å²) < 4.78 is 41.0. The van der Waals surface area contributed by atoms with E-state index in [1.807, 2.05) is 0 Å². The molecule has 1 saturated carbocycles. The lowest BCUT2D eigenvalue weighted by Crippen LogP contribution is -2.37. The first kappa shape index (κ1) is 16.5. The molecular formula is C15H20F3N3O. The van der Waals surface area contributed by atoms with Crippen LogP contribution in [0.1, 0.15) is 24.8 Å². The van der Waals surface area contributed by atoms with Gasteiger partial charge in [-0.15, -0.1) is 0 Å². The van der Waals surface area contributed by atoms with Gasteiger partial charge >= 0.3 is 6.18 Å². The zero-order valence-electron chi connectivity index (χ0n) is 12.2. The fourth-order valence-electron chi connectivity index (χ4n) is 2.08. The first-order valence-corrected chi connectivity index (χ1v) is 7.25. The predicted octanol–water partition coefficient (Wildman–Crippen LogP) is 2.83. The van der Waals surface area contributed by atoms with E-state index in [2.05, 4.69) is 10.3 Å². The van der Waals surface area contributed by atoms with Crippen molar-refractivity contribution in [1.82, 2.24) is 5.32 Å². The lowest BCUT2D eigenvalue weighted by Gasteiger charge is -2.25. The van der Waals surface area contributed by atoms with E-state index >= 15 is 0 Å². The van der Waals surface area contributed by atoms with Crippen LogP contribution in [0.3, 0.4) is 0 Å². The Morgan fingerprint density at radius 3 is 2.77 bits per heavy atom. The minimum Gasteiger partial charge on any atom is -0.484 e. The SMILES string of the molecule is NC(=NCc1cccc(OCC(F)(F)F)c1)NCC1CCC1. The standard InChI is InChI=1S/C15H20F3N3O/c16-15(17,18)10-22-13-6-2-5-12(7-13)9-21-14(19)20-8-11-3-1-4-11/h2,5-7,11H,1,3-4,8-10H2,(H3,19,20,21). The van der Waals surface area contributed by atoms with Gasteiger partial charge in [-0.05, 0) is 36.5 Å². The Hall–Kier alpha value is -1.92. The Morgan fingerprint density at radius 2 is 2.14 bits per heavy atom. The molecular weight excluding hydrogens is 295 g/mol. The topological polar surface area (TPSA) is 59.6 Å². The summed E-state index contributed by atoms with van der Waals surface area (Å²) in [4.78, 5) is 4.18. The van der Waals surface area contributed by atoms with E-state index in [-0.39, 0.29) is 5.75 Å². The molecule has 1 aliphatic carbocycles. The van der Waals surface area contributed by atoms with Gasteiger partial charge in [-0.2, -0.15) is 13.2 Å². The third kappa shape index (κ3) is 5.83. The van der Waals surface area contributed by atoms with Crippen LogP contribution < -0.4 is 15.8 Å². The van der Waals surface area contributed by atoms with Gasteiger partial charge in [-0.1, -0.05) is 18.6 Å². The average Bonchev–Trinajstić information content (AvgIpc) is 2.41. The summed E-state index contributed by atoms with van der Waals surface area (Å²) in [5.41, 5.74) is 6.50. The Morgan fingerprint density at radius 1 is 1.36 bits per heavy atom. The molecule has 0 heterocycles. The van der Waals surface area contributed by atoms with Crippen LogP contribution in [0.4, 0.5) is 13.2 Å². The fraction of sp³-hybridized carbons (Fsp3) is 0.533. The number of ether oxygens (including phenoxy) is 1. The Bertz CT molecular complexity index is 513. The molecule has 0 aromatic heterocycles. The van der Waals surface area contributed by atoms with Gasteiger partial charge < -0.3 is 15.8 Å². The molecule has 3 N–H and O–H groups in total. The van der Waals surface area contributed by atoms with Crippen molar-refractivity contribution in [1.29, 1.82) is 0 Å². The number of benzene rings is 1. The molecule has 1 fully saturated rings. The Kier molecular flexibility index (Phi) is 5.51. The summed E-state index contributed by atoms with van der Waals surface area (Å²) in [5.74, 6) is 1.20. The van der Waals surface area contributed by atoms with Gasteiger partial charge in [0.1, 0.15) is 5.75 Å². The smallest absolute Gasteiger partial charge is 0.422 e. The van der Waals surface area contributed by atoms with Gasteiger partial charge in [-0.3, -0.25) is 0 Å². The quantitative estimate of drug-likeness (QED) is 0.627. The molecule has 122 valence electrons. The average molecular weight is 315 g/mol.